The van der Waals surface area contributed by atoms with Crippen LogP contribution in [0, 0.1) is 0 Å². The molecular formula is C11H15N3O2. The van der Waals surface area contributed by atoms with Crippen molar-refractivity contribution >= 4 is 0 Å². The van der Waals surface area contributed by atoms with Crippen molar-refractivity contribution in [1.82, 2.24) is 15.5 Å². The van der Waals surface area contributed by atoms with Crippen LogP contribution < -0.4 is 5.32 Å². The fraction of sp³-hybridized carbons (Fsp3) is 0.455. The van der Waals surface area contributed by atoms with Crippen LogP contribution in [0.4, 0.5) is 0 Å². The average molecular weight is 221 g/mol. The third kappa shape index (κ3) is 2.49. The Morgan fingerprint density at radius 2 is 2.38 bits per heavy atom. The first-order chi connectivity index (χ1) is 7.79. The summed E-state index contributed by atoms with van der Waals surface area (Å²) >= 11 is 0. The normalized spacial score (nSPS) is 12.9. The molecule has 0 spiro atoms. The van der Waals surface area contributed by atoms with Crippen molar-refractivity contribution in [2.75, 3.05) is 6.54 Å². The summed E-state index contributed by atoms with van der Waals surface area (Å²) in [6.45, 7) is 5.08. The first-order valence-electron chi connectivity index (χ1n) is 5.39. The second-order valence-corrected chi connectivity index (χ2v) is 3.65. The molecule has 1 atom stereocenters. The summed E-state index contributed by atoms with van der Waals surface area (Å²) < 4.78 is 10.3. The Kier molecular flexibility index (Phi) is 3.36. The van der Waals surface area contributed by atoms with E-state index in [0.29, 0.717) is 23.5 Å². The van der Waals surface area contributed by atoms with Gasteiger partial charge in [-0.3, -0.25) is 0 Å². The number of nitrogens with zero attached hydrogens (tertiary/aromatic N) is 2. The summed E-state index contributed by atoms with van der Waals surface area (Å²) in [5, 5.41) is 7.15. The highest BCUT2D eigenvalue weighted by molar-refractivity contribution is 5.44. The van der Waals surface area contributed by atoms with Gasteiger partial charge in [-0.2, -0.15) is 4.98 Å². The summed E-state index contributed by atoms with van der Waals surface area (Å²) in [5.74, 6) is 1.76. The summed E-state index contributed by atoms with van der Waals surface area (Å²) in [5.41, 5.74) is 0. The van der Waals surface area contributed by atoms with Gasteiger partial charge in [0.05, 0.1) is 6.26 Å². The summed E-state index contributed by atoms with van der Waals surface area (Å²) in [6.07, 6.45) is 2.31. The molecule has 0 aliphatic carbocycles. The molecule has 2 heterocycles. The summed E-state index contributed by atoms with van der Waals surface area (Å²) in [4.78, 5) is 4.26. The predicted octanol–water partition coefficient (Wildman–Crippen LogP) is 1.87. The summed E-state index contributed by atoms with van der Waals surface area (Å²) in [7, 11) is 0. The smallest absolute Gasteiger partial charge is 0.238 e. The molecule has 16 heavy (non-hydrogen) atoms. The highest BCUT2D eigenvalue weighted by atomic mass is 16.5. The van der Waals surface area contributed by atoms with Gasteiger partial charge in [-0.05, 0) is 25.6 Å². The molecule has 0 amide bonds. The van der Waals surface area contributed by atoms with E-state index < -0.39 is 0 Å². The molecule has 1 N–H and O–H groups in total. The zero-order chi connectivity index (χ0) is 11.4. The minimum atomic E-state index is 0.329. The van der Waals surface area contributed by atoms with E-state index >= 15 is 0 Å². The van der Waals surface area contributed by atoms with Crippen LogP contribution >= 0.6 is 0 Å². The zero-order valence-corrected chi connectivity index (χ0v) is 9.43. The number of hydrogen-bond donors (Lipinski definition) is 1. The maximum atomic E-state index is 5.18. The van der Waals surface area contributed by atoms with Crippen molar-refractivity contribution in [3.8, 4) is 11.6 Å². The van der Waals surface area contributed by atoms with Crippen molar-refractivity contribution in [2.24, 2.45) is 0 Å². The number of rotatable bonds is 5. The van der Waals surface area contributed by atoms with E-state index in [1.165, 1.54) is 0 Å². The lowest BCUT2D eigenvalue weighted by atomic mass is 10.2. The van der Waals surface area contributed by atoms with Gasteiger partial charge in [0.1, 0.15) is 0 Å². The van der Waals surface area contributed by atoms with Crippen LogP contribution in [0.25, 0.3) is 11.6 Å². The van der Waals surface area contributed by atoms with Crippen LogP contribution in [0.1, 0.15) is 19.7 Å². The summed E-state index contributed by atoms with van der Waals surface area (Å²) in [6, 6.07) is 3.93. The van der Waals surface area contributed by atoms with E-state index in [0.717, 1.165) is 13.0 Å². The van der Waals surface area contributed by atoms with Gasteiger partial charge in [0.25, 0.3) is 0 Å². The van der Waals surface area contributed by atoms with Crippen LogP contribution in [0.15, 0.2) is 27.3 Å². The number of aromatic nitrogens is 2. The molecule has 0 saturated carbocycles. The molecule has 2 aromatic rings. The lowest BCUT2D eigenvalue weighted by molar-refractivity contribution is 0.362. The first-order valence-corrected chi connectivity index (χ1v) is 5.39. The van der Waals surface area contributed by atoms with E-state index in [1.54, 1.807) is 12.3 Å². The van der Waals surface area contributed by atoms with Crippen molar-refractivity contribution < 1.29 is 8.94 Å². The molecule has 2 aromatic heterocycles. The largest absolute Gasteiger partial charge is 0.461 e. The molecule has 0 radical (unpaired) electrons. The van der Waals surface area contributed by atoms with Gasteiger partial charge in [0, 0.05) is 12.5 Å². The van der Waals surface area contributed by atoms with Crippen LogP contribution in [0.2, 0.25) is 0 Å². The highest BCUT2D eigenvalue weighted by Gasteiger charge is 2.12. The molecule has 0 aromatic carbocycles. The van der Waals surface area contributed by atoms with Crippen molar-refractivity contribution in [3.63, 3.8) is 0 Å². The molecule has 0 bridgehead atoms. The fourth-order valence-electron chi connectivity index (χ4n) is 1.53. The Labute approximate surface area is 93.8 Å². The van der Waals surface area contributed by atoms with Crippen LogP contribution in [0.5, 0.6) is 0 Å². The van der Waals surface area contributed by atoms with Crippen LogP contribution in [-0.4, -0.2) is 22.7 Å². The van der Waals surface area contributed by atoms with E-state index in [4.69, 9.17) is 8.94 Å². The maximum absolute atomic E-state index is 5.18. The van der Waals surface area contributed by atoms with Crippen molar-refractivity contribution in [1.29, 1.82) is 0 Å². The number of nitrogens with one attached hydrogen (secondary N) is 1. The Bertz CT molecular complexity index is 422. The van der Waals surface area contributed by atoms with Gasteiger partial charge >= 0.3 is 0 Å². The highest BCUT2D eigenvalue weighted by Crippen LogP contribution is 2.16. The minimum Gasteiger partial charge on any atom is -0.461 e. The van der Waals surface area contributed by atoms with Gasteiger partial charge < -0.3 is 14.3 Å². The third-order valence-electron chi connectivity index (χ3n) is 2.24. The van der Waals surface area contributed by atoms with Gasteiger partial charge in [-0.1, -0.05) is 12.1 Å². The monoisotopic (exact) mass is 221 g/mol. The van der Waals surface area contributed by atoms with E-state index in [-0.39, 0.29) is 0 Å². The molecule has 2 rings (SSSR count). The first kappa shape index (κ1) is 10.9. The predicted molar refractivity (Wildman–Crippen MR) is 58.8 cm³/mol. The van der Waals surface area contributed by atoms with Crippen molar-refractivity contribution in [3.05, 3.63) is 24.3 Å². The van der Waals surface area contributed by atoms with Gasteiger partial charge in [0.2, 0.25) is 11.7 Å². The Balaban J connectivity index is 2.03. The topological polar surface area (TPSA) is 64.1 Å². The molecule has 5 heteroatoms. The van der Waals surface area contributed by atoms with Crippen molar-refractivity contribution in [2.45, 2.75) is 26.3 Å². The Hall–Kier alpha value is -1.62. The third-order valence-corrected chi connectivity index (χ3v) is 2.24. The van der Waals surface area contributed by atoms with Gasteiger partial charge in [-0.15, -0.1) is 0 Å². The standard InChI is InChI=1S/C11H15N3O2/c1-3-12-8(2)7-10-13-11(14-16-10)9-5-4-6-15-9/h4-6,8,12H,3,7H2,1-2H3. The van der Waals surface area contributed by atoms with E-state index in [1.807, 2.05) is 6.07 Å². The van der Waals surface area contributed by atoms with Gasteiger partial charge in [0.15, 0.2) is 5.76 Å². The molecule has 0 saturated heterocycles. The lowest BCUT2D eigenvalue weighted by Gasteiger charge is -2.07. The van der Waals surface area contributed by atoms with E-state index in [9.17, 15) is 0 Å². The number of likely N-dealkylation sites (N-methyl/N-ethyl adjacent to an activating group) is 1. The quantitative estimate of drug-likeness (QED) is 0.835. The maximum Gasteiger partial charge on any atom is 0.238 e. The number of hydrogen-bond acceptors (Lipinski definition) is 5. The van der Waals surface area contributed by atoms with Crippen LogP contribution in [0.3, 0.4) is 0 Å². The van der Waals surface area contributed by atoms with E-state index in [2.05, 4.69) is 29.3 Å². The minimum absolute atomic E-state index is 0.329. The lowest BCUT2D eigenvalue weighted by Crippen LogP contribution is -2.27. The Morgan fingerprint density at radius 3 is 3.06 bits per heavy atom. The molecule has 1 unspecified atom stereocenters. The second-order valence-electron chi connectivity index (χ2n) is 3.65. The molecule has 0 fully saturated rings. The molecule has 5 nitrogen and oxygen atoms in total. The second kappa shape index (κ2) is 4.94. The Morgan fingerprint density at radius 1 is 1.50 bits per heavy atom. The molecule has 0 aliphatic heterocycles. The number of furan rings is 1. The molecular weight excluding hydrogens is 206 g/mol. The van der Waals surface area contributed by atoms with Crippen LogP contribution in [-0.2, 0) is 6.42 Å². The van der Waals surface area contributed by atoms with Gasteiger partial charge in [-0.25, -0.2) is 0 Å². The average Bonchev–Trinajstić information content (AvgIpc) is 2.86. The molecule has 86 valence electrons. The zero-order valence-electron chi connectivity index (χ0n) is 9.43. The SMILES string of the molecule is CCNC(C)Cc1nc(-c2ccco2)no1. The molecule has 0 aliphatic rings. The fourth-order valence-corrected chi connectivity index (χ4v) is 1.53.